The minimum absolute atomic E-state index is 0.390. The molecule has 4 fully saturated rings. The van der Waals surface area contributed by atoms with Crippen molar-refractivity contribution >= 4 is 5.97 Å². The molecule has 48 heavy (non-hydrogen) atoms. The molecule has 6 unspecified atom stereocenters. The minimum atomic E-state index is -0.390. The number of rotatable bonds is 22. The number of carbonyl (C=O) groups is 1. The van der Waals surface area contributed by atoms with Gasteiger partial charge in [0.1, 0.15) is 17.2 Å². The van der Waals surface area contributed by atoms with Crippen LogP contribution in [0.3, 0.4) is 0 Å². The highest BCUT2D eigenvalue weighted by molar-refractivity contribution is 5.91. The quantitative estimate of drug-likeness (QED) is 0.0538. The van der Waals surface area contributed by atoms with Gasteiger partial charge in [0.25, 0.3) is 0 Å². The zero-order valence-corrected chi connectivity index (χ0v) is 28.9. The Balaban J connectivity index is 0.764. The number of hydrogen-bond acceptors (Lipinski definition) is 8. The van der Waals surface area contributed by atoms with Crippen molar-refractivity contribution in [2.75, 3.05) is 39.6 Å². The molecule has 2 aromatic rings. The van der Waals surface area contributed by atoms with Gasteiger partial charge in [0, 0.05) is 26.4 Å². The second-order valence-electron chi connectivity index (χ2n) is 14.3. The molecule has 2 saturated heterocycles. The van der Waals surface area contributed by atoms with Crippen LogP contribution in [0.4, 0.5) is 0 Å². The number of carbonyl (C=O) groups excluding carboxylic acids is 1. The molecule has 4 aliphatic rings. The number of unbranched alkanes of at least 4 members (excludes halogenated alkanes) is 6. The summed E-state index contributed by atoms with van der Waals surface area (Å²) in [5.41, 5.74) is 1.44. The third kappa shape index (κ3) is 11.5. The first-order valence-electron chi connectivity index (χ1n) is 18.8. The molecule has 2 aromatic carbocycles. The molecule has 2 saturated carbocycles. The molecule has 0 radical (unpaired) electrons. The standard InChI is InChI=1S/C40H56O8/c1-29-24-34(16-19-35(29)45-23-9-5-3-7-21-43-28-31-11-18-37-39(26-31)48-37)46-40(41)32-12-14-33(15-13-32)44-22-8-4-2-6-20-42-27-30-10-17-36-38(25-30)47-36/h12-16,19,24,30-31,36-39H,2-11,17-18,20-23,25-28H2,1H3. The van der Waals surface area contributed by atoms with Crippen LogP contribution in [0.1, 0.15) is 106 Å². The zero-order chi connectivity index (χ0) is 33.0. The van der Waals surface area contributed by atoms with E-state index >= 15 is 0 Å². The number of epoxide rings is 2. The summed E-state index contributed by atoms with van der Waals surface area (Å²) in [7, 11) is 0. The van der Waals surface area contributed by atoms with E-state index in [4.69, 9.17) is 33.2 Å². The van der Waals surface area contributed by atoms with Crippen LogP contribution in [0.25, 0.3) is 0 Å². The fraction of sp³-hybridized carbons (Fsp3) is 0.675. The van der Waals surface area contributed by atoms with Crippen molar-refractivity contribution < 1.29 is 38.0 Å². The van der Waals surface area contributed by atoms with Gasteiger partial charge in [0.05, 0.1) is 43.2 Å². The van der Waals surface area contributed by atoms with E-state index in [2.05, 4.69) is 0 Å². The molecule has 2 heterocycles. The second-order valence-corrected chi connectivity index (χ2v) is 14.3. The average Bonchev–Trinajstić information content (AvgIpc) is 4.03. The fourth-order valence-corrected chi connectivity index (χ4v) is 7.17. The molecule has 0 amide bonds. The summed E-state index contributed by atoms with van der Waals surface area (Å²) in [6.45, 7) is 6.77. The predicted octanol–water partition coefficient (Wildman–Crippen LogP) is 8.26. The van der Waals surface area contributed by atoms with E-state index in [0.29, 0.717) is 60.8 Å². The smallest absolute Gasteiger partial charge is 0.343 e. The normalized spacial score (nSPS) is 25.5. The summed E-state index contributed by atoms with van der Waals surface area (Å²) in [5, 5.41) is 0. The molecule has 264 valence electrons. The minimum Gasteiger partial charge on any atom is -0.494 e. The Hall–Kier alpha value is -2.65. The lowest BCUT2D eigenvalue weighted by atomic mass is 9.90. The first kappa shape index (κ1) is 35.2. The maximum atomic E-state index is 12.7. The van der Waals surface area contributed by atoms with Crippen molar-refractivity contribution in [1.29, 1.82) is 0 Å². The fourth-order valence-electron chi connectivity index (χ4n) is 7.17. The molecule has 0 bridgehead atoms. The van der Waals surface area contributed by atoms with Gasteiger partial charge in [0.15, 0.2) is 0 Å². The van der Waals surface area contributed by atoms with Crippen molar-refractivity contribution in [3.05, 3.63) is 53.6 Å². The summed E-state index contributed by atoms with van der Waals surface area (Å²) in [6, 6.07) is 12.7. The first-order valence-corrected chi connectivity index (χ1v) is 18.8. The van der Waals surface area contributed by atoms with E-state index in [1.165, 1.54) is 38.5 Å². The number of esters is 1. The molecular formula is C40H56O8. The largest absolute Gasteiger partial charge is 0.494 e. The SMILES string of the molecule is Cc1cc(OC(=O)c2ccc(OCCCCCCOCC3CCC4OC4C3)cc2)ccc1OCCCCCCOCC1CCC2OC2C1. The number of hydrogen-bond donors (Lipinski definition) is 0. The zero-order valence-electron chi connectivity index (χ0n) is 28.9. The van der Waals surface area contributed by atoms with Crippen LogP contribution in [-0.2, 0) is 18.9 Å². The Kier molecular flexibility index (Phi) is 13.5. The van der Waals surface area contributed by atoms with Gasteiger partial charge in [0.2, 0.25) is 0 Å². The number of aryl methyl sites for hydroxylation is 1. The summed E-state index contributed by atoms with van der Waals surface area (Å²) in [4.78, 5) is 12.7. The van der Waals surface area contributed by atoms with Gasteiger partial charge >= 0.3 is 5.97 Å². The summed E-state index contributed by atoms with van der Waals surface area (Å²) in [5.74, 6) is 3.07. The highest BCUT2D eigenvalue weighted by Crippen LogP contribution is 2.40. The molecule has 6 rings (SSSR count). The van der Waals surface area contributed by atoms with Crippen molar-refractivity contribution in [1.82, 2.24) is 0 Å². The highest BCUT2D eigenvalue weighted by atomic mass is 16.6. The van der Waals surface area contributed by atoms with Crippen molar-refractivity contribution in [3.8, 4) is 17.2 Å². The molecule has 0 aromatic heterocycles. The van der Waals surface area contributed by atoms with Crippen molar-refractivity contribution in [2.24, 2.45) is 11.8 Å². The topological polar surface area (TPSA) is 88.3 Å². The molecule has 2 aliphatic heterocycles. The summed E-state index contributed by atoms with van der Waals surface area (Å²) in [6.07, 6.45) is 18.2. The van der Waals surface area contributed by atoms with Crippen LogP contribution in [-0.4, -0.2) is 70.0 Å². The van der Waals surface area contributed by atoms with E-state index in [1.54, 1.807) is 18.2 Å². The van der Waals surface area contributed by atoms with Crippen molar-refractivity contribution in [3.63, 3.8) is 0 Å². The van der Waals surface area contributed by atoms with E-state index in [0.717, 1.165) is 94.9 Å². The number of ether oxygens (including phenoxy) is 7. The van der Waals surface area contributed by atoms with Crippen LogP contribution in [0, 0.1) is 18.8 Å². The van der Waals surface area contributed by atoms with Gasteiger partial charge in [-0.1, -0.05) is 12.8 Å². The molecule has 8 nitrogen and oxygen atoms in total. The van der Waals surface area contributed by atoms with Crippen molar-refractivity contribution in [2.45, 2.75) is 121 Å². The second kappa shape index (κ2) is 18.4. The van der Waals surface area contributed by atoms with Gasteiger partial charge < -0.3 is 33.2 Å². The Morgan fingerprint density at radius 2 is 1.17 bits per heavy atom. The highest BCUT2D eigenvalue weighted by Gasteiger charge is 2.44. The van der Waals surface area contributed by atoms with E-state index in [-0.39, 0.29) is 0 Å². The van der Waals surface area contributed by atoms with Gasteiger partial charge in [-0.3, -0.25) is 0 Å². The number of benzene rings is 2. The first-order chi connectivity index (χ1) is 23.6. The predicted molar refractivity (Wildman–Crippen MR) is 184 cm³/mol. The lowest BCUT2D eigenvalue weighted by Crippen LogP contribution is -2.18. The summed E-state index contributed by atoms with van der Waals surface area (Å²) < 4.78 is 40.6. The molecule has 2 aliphatic carbocycles. The summed E-state index contributed by atoms with van der Waals surface area (Å²) >= 11 is 0. The molecule has 0 spiro atoms. The lowest BCUT2D eigenvalue weighted by Gasteiger charge is -2.18. The third-order valence-electron chi connectivity index (χ3n) is 10.3. The van der Waals surface area contributed by atoms with Crippen LogP contribution in [0.2, 0.25) is 0 Å². The van der Waals surface area contributed by atoms with E-state index in [1.807, 2.05) is 31.2 Å². The van der Waals surface area contributed by atoms with Crippen LogP contribution < -0.4 is 14.2 Å². The maximum Gasteiger partial charge on any atom is 0.343 e. The van der Waals surface area contributed by atoms with Gasteiger partial charge in [-0.05, 0) is 144 Å². The van der Waals surface area contributed by atoms with Gasteiger partial charge in [-0.15, -0.1) is 0 Å². The monoisotopic (exact) mass is 664 g/mol. The Morgan fingerprint density at radius 3 is 1.73 bits per heavy atom. The molecule has 8 heteroatoms. The molecule has 6 atom stereocenters. The van der Waals surface area contributed by atoms with E-state index < -0.39 is 5.97 Å². The maximum absolute atomic E-state index is 12.7. The van der Waals surface area contributed by atoms with Crippen LogP contribution in [0.5, 0.6) is 17.2 Å². The van der Waals surface area contributed by atoms with E-state index in [9.17, 15) is 4.79 Å². The Bertz CT molecular complexity index is 1260. The van der Waals surface area contributed by atoms with Crippen LogP contribution >= 0.6 is 0 Å². The Morgan fingerprint density at radius 1 is 0.625 bits per heavy atom. The van der Waals surface area contributed by atoms with Gasteiger partial charge in [-0.25, -0.2) is 4.79 Å². The number of fused-ring (bicyclic) bond motifs is 2. The van der Waals surface area contributed by atoms with Gasteiger partial charge in [-0.2, -0.15) is 0 Å². The lowest BCUT2D eigenvalue weighted by molar-refractivity contribution is 0.0734. The molecular weight excluding hydrogens is 608 g/mol. The van der Waals surface area contributed by atoms with Crippen LogP contribution in [0.15, 0.2) is 42.5 Å². The third-order valence-corrected chi connectivity index (χ3v) is 10.3. The Labute approximate surface area is 287 Å². The molecule has 0 N–H and O–H groups in total. The average molecular weight is 665 g/mol.